The second-order valence-corrected chi connectivity index (χ2v) is 8.35. The first kappa shape index (κ1) is 19.5. The van der Waals surface area contributed by atoms with Crippen LogP contribution in [-0.4, -0.2) is 28.0 Å². The maximum atomic E-state index is 13.8. The van der Waals surface area contributed by atoms with E-state index in [4.69, 9.17) is 9.72 Å². The number of ether oxygens (including phenoxy) is 1. The first-order valence-electron chi connectivity index (χ1n) is 10.2. The summed E-state index contributed by atoms with van der Waals surface area (Å²) < 4.78 is 7.39. The van der Waals surface area contributed by atoms with Gasteiger partial charge in [0.2, 0.25) is 11.9 Å². The Bertz CT molecular complexity index is 1230. The molecule has 5 rings (SSSR count). The van der Waals surface area contributed by atoms with E-state index in [9.17, 15) is 9.59 Å². The van der Waals surface area contributed by atoms with Crippen LogP contribution in [0.1, 0.15) is 23.4 Å². The van der Waals surface area contributed by atoms with Crippen molar-refractivity contribution in [2.75, 3.05) is 11.5 Å². The minimum Gasteiger partial charge on any atom is -0.465 e. The zero-order valence-corrected chi connectivity index (χ0v) is 17.8. The van der Waals surface area contributed by atoms with E-state index in [-0.39, 0.29) is 12.5 Å². The lowest BCUT2D eigenvalue weighted by molar-refractivity contribution is -0.153. The van der Waals surface area contributed by atoms with Gasteiger partial charge in [0.25, 0.3) is 0 Å². The maximum absolute atomic E-state index is 13.8. The number of esters is 1. The van der Waals surface area contributed by atoms with Crippen molar-refractivity contribution in [1.29, 1.82) is 0 Å². The van der Waals surface area contributed by atoms with Crippen LogP contribution in [0.5, 0.6) is 0 Å². The molecular weight excluding hydrogens is 410 g/mol. The standard InChI is InChI=1S/C24H21N3O3S/c1-2-30-23(29)20-21(19-13-8-14-31-19)27-18-12-7-6-11-17(18)25-24(27)26(22(20)28)15-16-9-4-3-5-10-16/h3-14,20-21H,2,15H2,1H3/t20-,21+/m0/s1. The summed E-state index contributed by atoms with van der Waals surface area (Å²) in [5, 5.41) is 1.96. The Labute approximate surface area is 183 Å². The van der Waals surface area contributed by atoms with E-state index >= 15 is 0 Å². The molecule has 0 saturated carbocycles. The molecule has 1 aliphatic rings. The number of thiophene rings is 1. The molecule has 1 amide bonds. The first-order valence-corrected chi connectivity index (χ1v) is 11.1. The normalized spacial score (nSPS) is 18.2. The highest BCUT2D eigenvalue weighted by Crippen LogP contribution is 2.43. The van der Waals surface area contributed by atoms with Gasteiger partial charge in [0.15, 0.2) is 5.92 Å². The van der Waals surface area contributed by atoms with Gasteiger partial charge >= 0.3 is 5.97 Å². The third kappa shape index (κ3) is 3.31. The van der Waals surface area contributed by atoms with E-state index in [2.05, 4.69) is 0 Å². The molecule has 1 aliphatic heterocycles. The number of carbonyl (C=O) groups is 2. The number of hydrogen-bond donors (Lipinski definition) is 0. The quantitative estimate of drug-likeness (QED) is 0.347. The minimum absolute atomic E-state index is 0.218. The average Bonchev–Trinajstić information content (AvgIpc) is 3.44. The predicted octanol–water partition coefficient (Wildman–Crippen LogP) is 4.41. The van der Waals surface area contributed by atoms with Crippen molar-refractivity contribution in [2.24, 2.45) is 5.92 Å². The monoisotopic (exact) mass is 431 g/mol. The Kier molecular flexibility index (Phi) is 5.03. The van der Waals surface area contributed by atoms with E-state index in [1.54, 1.807) is 11.8 Å². The summed E-state index contributed by atoms with van der Waals surface area (Å²) in [5.41, 5.74) is 2.64. The Morgan fingerprint density at radius 1 is 1.06 bits per heavy atom. The fourth-order valence-corrected chi connectivity index (χ4v) is 5.03. The molecule has 0 radical (unpaired) electrons. The number of hydrogen-bond acceptors (Lipinski definition) is 5. The summed E-state index contributed by atoms with van der Waals surface area (Å²) >= 11 is 1.52. The van der Waals surface area contributed by atoms with Gasteiger partial charge in [-0.1, -0.05) is 48.5 Å². The predicted molar refractivity (Wildman–Crippen MR) is 120 cm³/mol. The number of rotatable bonds is 5. The van der Waals surface area contributed by atoms with Crippen molar-refractivity contribution in [3.05, 3.63) is 82.6 Å². The molecule has 3 heterocycles. The van der Waals surface area contributed by atoms with Gasteiger partial charge in [-0.3, -0.25) is 19.1 Å². The van der Waals surface area contributed by atoms with Crippen LogP contribution in [0.15, 0.2) is 72.1 Å². The number of fused-ring (bicyclic) bond motifs is 3. The van der Waals surface area contributed by atoms with Crippen LogP contribution in [0.3, 0.4) is 0 Å². The van der Waals surface area contributed by atoms with Gasteiger partial charge in [0, 0.05) is 4.88 Å². The van der Waals surface area contributed by atoms with Gasteiger partial charge in [-0.05, 0) is 36.1 Å². The molecule has 31 heavy (non-hydrogen) atoms. The molecule has 2 aromatic carbocycles. The number of anilines is 1. The lowest BCUT2D eigenvalue weighted by Gasteiger charge is -2.37. The van der Waals surface area contributed by atoms with Crippen molar-refractivity contribution in [3.8, 4) is 0 Å². The Hall–Kier alpha value is -3.45. The number of carbonyl (C=O) groups excluding carboxylic acids is 2. The fraction of sp³-hybridized carbons (Fsp3) is 0.208. The van der Waals surface area contributed by atoms with Crippen molar-refractivity contribution in [2.45, 2.75) is 19.5 Å². The highest BCUT2D eigenvalue weighted by molar-refractivity contribution is 7.10. The molecule has 0 fully saturated rings. The van der Waals surface area contributed by atoms with Gasteiger partial charge in [-0.25, -0.2) is 4.98 Å². The summed E-state index contributed by atoms with van der Waals surface area (Å²) in [6.45, 7) is 2.30. The molecular formula is C24H21N3O3S. The van der Waals surface area contributed by atoms with Crippen molar-refractivity contribution in [3.63, 3.8) is 0 Å². The van der Waals surface area contributed by atoms with Gasteiger partial charge in [0.1, 0.15) is 0 Å². The number of amides is 1. The highest BCUT2D eigenvalue weighted by Gasteiger charge is 2.48. The number of nitrogens with zero attached hydrogens (tertiary/aromatic N) is 3. The molecule has 2 atom stereocenters. The number of para-hydroxylation sites is 2. The lowest BCUT2D eigenvalue weighted by atomic mass is 9.93. The summed E-state index contributed by atoms with van der Waals surface area (Å²) in [4.78, 5) is 34.2. The smallest absolute Gasteiger partial charge is 0.321 e. The Morgan fingerprint density at radius 3 is 2.58 bits per heavy atom. The van der Waals surface area contributed by atoms with Crippen LogP contribution >= 0.6 is 11.3 Å². The van der Waals surface area contributed by atoms with Crippen LogP contribution in [0.25, 0.3) is 11.0 Å². The molecule has 0 unspecified atom stereocenters. The lowest BCUT2D eigenvalue weighted by Crippen LogP contribution is -2.49. The molecule has 7 heteroatoms. The number of benzene rings is 2. The summed E-state index contributed by atoms with van der Waals surface area (Å²) in [6.07, 6.45) is 0. The second-order valence-electron chi connectivity index (χ2n) is 7.37. The van der Waals surface area contributed by atoms with Gasteiger partial charge in [0.05, 0.1) is 30.2 Å². The van der Waals surface area contributed by atoms with E-state index in [0.29, 0.717) is 12.5 Å². The van der Waals surface area contributed by atoms with Crippen LogP contribution < -0.4 is 4.90 Å². The number of imidazole rings is 1. The van der Waals surface area contributed by atoms with Gasteiger partial charge in [-0.15, -0.1) is 11.3 Å². The Balaban J connectivity index is 1.74. The summed E-state index contributed by atoms with van der Waals surface area (Å²) in [5.74, 6) is -1.22. The zero-order valence-electron chi connectivity index (χ0n) is 17.0. The summed E-state index contributed by atoms with van der Waals surface area (Å²) in [7, 11) is 0. The van der Waals surface area contributed by atoms with E-state index < -0.39 is 17.9 Å². The second kappa shape index (κ2) is 8.00. The molecule has 0 N–H and O–H groups in total. The van der Waals surface area contributed by atoms with Crippen LogP contribution in [-0.2, 0) is 20.9 Å². The molecule has 0 spiro atoms. The van der Waals surface area contributed by atoms with Crippen molar-refractivity contribution < 1.29 is 14.3 Å². The van der Waals surface area contributed by atoms with Gasteiger partial charge < -0.3 is 4.74 Å². The van der Waals surface area contributed by atoms with Crippen molar-refractivity contribution in [1.82, 2.24) is 9.55 Å². The summed E-state index contributed by atoms with van der Waals surface area (Å²) in [6, 6.07) is 20.9. The molecule has 6 nitrogen and oxygen atoms in total. The zero-order chi connectivity index (χ0) is 21.4. The largest absolute Gasteiger partial charge is 0.465 e. The van der Waals surface area contributed by atoms with Crippen molar-refractivity contribution >= 4 is 40.2 Å². The molecule has 2 aromatic heterocycles. The SMILES string of the molecule is CCOC(=O)[C@@H]1C(=O)N(Cc2ccccc2)c2nc3ccccc3n2[C@@H]1c1cccs1. The third-order valence-electron chi connectivity index (χ3n) is 5.50. The topological polar surface area (TPSA) is 64.4 Å². The number of aromatic nitrogens is 2. The average molecular weight is 432 g/mol. The fourth-order valence-electron chi connectivity index (χ4n) is 4.17. The van der Waals surface area contributed by atoms with Crippen LogP contribution in [0.4, 0.5) is 5.95 Å². The van der Waals surface area contributed by atoms with Crippen LogP contribution in [0.2, 0.25) is 0 Å². The van der Waals surface area contributed by atoms with E-state index in [1.807, 2.05) is 76.7 Å². The molecule has 0 bridgehead atoms. The molecule has 4 aromatic rings. The molecule has 156 valence electrons. The Morgan fingerprint density at radius 2 is 1.84 bits per heavy atom. The minimum atomic E-state index is -0.979. The molecule has 0 aliphatic carbocycles. The van der Waals surface area contributed by atoms with E-state index in [1.165, 1.54) is 11.3 Å². The van der Waals surface area contributed by atoms with Crippen LogP contribution in [0, 0.1) is 5.92 Å². The third-order valence-corrected chi connectivity index (χ3v) is 6.45. The highest BCUT2D eigenvalue weighted by atomic mass is 32.1. The maximum Gasteiger partial charge on any atom is 0.321 e. The first-order chi connectivity index (χ1) is 15.2. The molecule has 0 saturated heterocycles. The van der Waals surface area contributed by atoms with Gasteiger partial charge in [-0.2, -0.15) is 0 Å². The van der Waals surface area contributed by atoms with E-state index in [0.717, 1.165) is 21.5 Å².